The first kappa shape index (κ1) is 16.6. The molecule has 0 saturated carbocycles. The smallest absolute Gasteiger partial charge is 0.256 e. The van der Waals surface area contributed by atoms with Gasteiger partial charge in [0, 0.05) is 39.8 Å². The highest BCUT2D eigenvalue weighted by Gasteiger charge is 2.24. The predicted molar refractivity (Wildman–Crippen MR) is 105 cm³/mol. The molecule has 4 rings (SSSR count). The van der Waals surface area contributed by atoms with Crippen molar-refractivity contribution < 1.29 is 9.18 Å². The van der Waals surface area contributed by atoms with Crippen molar-refractivity contribution in [2.24, 2.45) is 0 Å². The van der Waals surface area contributed by atoms with Crippen molar-refractivity contribution in [2.75, 3.05) is 10.6 Å². The van der Waals surface area contributed by atoms with Gasteiger partial charge in [0.1, 0.15) is 5.82 Å². The zero-order valence-corrected chi connectivity index (χ0v) is 15.2. The number of amides is 1. The molecule has 1 aliphatic heterocycles. The van der Waals surface area contributed by atoms with Crippen LogP contribution in [-0.4, -0.2) is 10.9 Å². The lowest BCUT2D eigenvalue weighted by Gasteiger charge is -2.09. The number of H-pyrrole nitrogens is 1. The van der Waals surface area contributed by atoms with Gasteiger partial charge in [-0.1, -0.05) is 15.9 Å². The van der Waals surface area contributed by atoms with Crippen molar-refractivity contribution in [2.45, 2.75) is 6.54 Å². The zero-order valence-electron chi connectivity index (χ0n) is 13.6. The van der Waals surface area contributed by atoms with Crippen molar-refractivity contribution >= 4 is 44.9 Å². The van der Waals surface area contributed by atoms with Gasteiger partial charge in [-0.2, -0.15) is 0 Å². The van der Waals surface area contributed by atoms with Gasteiger partial charge in [-0.25, -0.2) is 4.39 Å². The quantitative estimate of drug-likeness (QED) is 0.527. The van der Waals surface area contributed by atoms with Crippen LogP contribution in [0.5, 0.6) is 0 Å². The Morgan fingerprint density at radius 1 is 1.15 bits per heavy atom. The van der Waals surface area contributed by atoms with Gasteiger partial charge in [-0.15, -0.1) is 0 Å². The van der Waals surface area contributed by atoms with Gasteiger partial charge < -0.3 is 15.6 Å². The van der Waals surface area contributed by atoms with E-state index >= 15 is 0 Å². The molecule has 0 unspecified atom stereocenters. The fourth-order valence-corrected chi connectivity index (χ4v) is 3.46. The first-order valence-electron chi connectivity index (χ1n) is 8.08. The number of hydrogen-bond donors (Lipinski definition) is 3. The van der Waals surface area contributed by atoms with Gasteiger partial charge >= 0.3 is 0 Å². The molecular weight excluding hydrogens is 397 g/mol. The Labute approximate surface area is 158 Å². The number of aromatic amines is 1. The number of halogens is 2. The molecule has 1 aromatic heterocycles. The third-order valence-electron chi connectivity index (χ3n) is 4.14. The summed E-state index contributed by atoms with van der Waals surface area (Å²) in [6, 6.07) is 14.3. The van der Waals surface area contributed by atoms with Crippen LogP contribution in [0.3, 0.4) is 0 Å². The molecule has 0 aliphatic carbocycles. The molecule has 3 aromatic rings. The van der Waals surface area contributed by atoms with Crippen LogP contribution in [0, 0.1) is 5.82 Å². The van der Waals surface area contributed by atoms with Crippen LogP contribution in [0.1, 0.15) is 16.8 Å². The van der Waals surface area contributed by atoms with Gasteiger partial charge in [-0.3, -0.25) is 4.79 Å². The Kier molecular flexibility index (Phi) is 4.34. The fraction of sp³-hybridized carbons (Fsp3) is 0.0500. The molecule has 2 heterocycles. The Morgan fingerprint density at radius 3 is 2.81 bits per heavy atom. The third-order valence-corrected chi connectivity index (χ3v) is 4.60. The maximum absolute atomic E-state index is 13.5. The lowest BCUT2D eigenvalue weighted by molar-refractivity contribution is -0.110. The average Bonchev–Trinajstić information content (AvgIpc) is 3.21. The van der Waals surface area contributed by atoms with E-state index in [9.17, 15) is 9.18 Å². The lowest BCUT2D eigenvalue weighted by atomic mass is 10.1. The number of carbonyl (C=O) groups excluding carboxylic acids is 1. The fourth-order valence-electron chi connectivity index (χ4n) is 2.95. The van der Waals surface area contributed by atoms with Crippen molar-refractivity contribution in [3.63, 3.8) is 0 Å². The number of rotatable bonds is 4. The first-order chi connectivity index (χ1) is 12.6. The highest BCUT2D eigenvalue weighted by molar-refractivity contribution is 9.10. The molecule has 1 aliphatic rings. The van der Waals surface area contributed by atoms with Gasteiger partial charge in [0.15, 0.2) is 0 Å². The van der Waals surface area contributed by atoms with Gasteiger partial charge in [0.05, 0.1) is 5.57 Å². The molecule has 130 valence electrons. The highest BCUT2D eigenvalue weighted by atomic mass is 79.9. The van der Waals surface area contributed by atoms with E-state index in [1.807, 2.05) is 48.7 Å². The van der Waals surface area contributed by atoms with Crippen LogP contribution in [0.15, 0.2) is 59.2 Å². The minimum absolute atomic E-state index is 0.124. The molecule has 4 nitrogen and oxygen atoms in total. The third kappa shape index (κ3) is 3.41. The second-order valence-electron chi connectivity index (χ2n) is 6.03. The Balaban J connectivity index is 1.59. The zero-order chi connectivity index (χ0) is 18.1. The maximum Gasteiger partial charge on any atom is 0.256 e. The van der Waals surface area contributed by atoms with E-state index in [4.69, 9.17) is 0 Å². The molecule has 0 atom stereocenters. The molecule has 1 amide bonds. The molecule has 0 spiro atoms. The summed E-state index contributed by atoms with van der Waals surface area (Å²) in [4.78, 5) is 15.3. The summed E-state index contributed by atoms with van der Waals surface area (Å²) < 4.78 is 14.2. The lowest BCUT2D eigenvalue weighted by Crippen LogP contribution is -2.03. The number of carbonyl (C=O) groups is 1. The maximum atomic E-state index is 13.5. The van der Waals surface area contributed by atoms with Crippen molar-refractivity contribution in [3.8, 4) is 0 Å². The highest BCUT2D eigenvalue weighted by Crippen LogP contribution is 2.35. The molecule has 2 aromatic carbocycles. The molecule has 6 heteroatoms. The van der Waals surface area contributed by atoms with E-state index in [1.54, 1.807) is 0 Å². The first-order valence-corrected chi connectivity index (χ1v) is 8.87. The standard InChI is InChI=1S/C20H15BrFN3O/c21-13-6-12(7-14(22)8-13)11-24-16-3-4-19-17(9-16)18(20(26)25-19)10-15-2-1-5-23-15/h1-10,23-24H,11H2,(H,25,26). The number of benzene rings is 2. The number of nitrogens with one attached hydrogen (secondary N) is 3. The van der Waals surface area contributed by atoms with Crippen LogP contribution >= 0.6 is 15.9 Å². The molecular formula is C20H15BrFN3O. The molecule has 0 radical (unpaired) electrons. The topological polar surface area (TPSA) is 56.9 Å². The largest absolute Gasteiger partial charge is 0.381 e. The van der Waals surface area contributed by atoms with Crippen molar-refractivity contribution in [1.29, 1.82) is 0 Å². The number of hydrogen-bond acceptors (Lipinski definition) is 2. The summed E-state index contributed by atoms with van der Waals surface area (Å²) in [5.41, 5.74) is 4.79. The summed E-state index contributed by atoms with van der Waals surface area (Å²) in [6.07, 6.45) is 3.64. The van der Waals surface area contributed by atoms with Crippen LogP contribution in [0.25, 0.3) is 11.6 Å². The Bertz CT molecular complexity index is 992. The summed E-state index contributed by atoms with van der Waals surface area (Å²) in [6.45, 7) is 0.478. The monoisotopic (exact) mass is 411 g/mol. The van der Waals surface area contributed by atoms with E-state index in [-0.39, 0.29) is 11.7 Å². The SMILES string of the molecule is O=C1Nc2ccc(NCc3cc(F)cc(Br)c3)cc2C1=Cc1ccc[nH]1. The summed E-state index contributed by atoms with van der Waals surface area (Å²) in [5, 5.41) is 6.15. The molecule has 0 fully saturated rings. The minimum atomic E-state index is -0.281. The van der Waals surface area contributed by atoms with Crippen LogP contribution in [-0.2, 0) is 11.3 Å². The summed E-state index contributed by atoms with van der Waals surface area (Å²) >= 11 is 3.30. The van der Waals surface area contributed by atoms with Crippen LogP contribution in [0.4, 0.5) is 15.8 Å². The molecule has 0 saturated heterocycles. The van der Waals surface area contributed by atoms with E-state index in [1.165, 1.54) is 12.1 Å². The number of fused-ring (bicyclic) bond motifs is 1. The van der Waals surface area contributed by atoms with Crippen molar-refractivity contribution in [1.82, 2.24) is 4.98 Å². The van der Waals surface area contributed by atoms with Gasteiger partial charge in [0.25, 0.3) is 5.91 Å². The van der Waals surface area contributed by atoms with E-state index in [0.717, 1.165) is 28.2 Å². The average molecular weight is 412 g/mol. The molecule has 3 N–H and O–H groups in total. The molecule has 0 bridgehead atoms. The van der Waals surface area contributed by atoms with Gasteiger partial charge in [-0.05, 0) is 60.2 Å². The second-order valence-corrected chi connectivity index (χ2v) is 6.94. The van der Waals surface area contributed by atoms with E-state index < -0.39 is 0 Å². The Morgan fingerprint density at radius 2 is 2.04 bits per heavy atom. The van der Waals surface area contributed by atoms with E-state index in [0.29, 0.717) is 16.6 Å². The predicted octanol–water partition coefficient (Wildman–Crippen LogP) is 5.02. The summed E-state index contributed by atoms with van der Waals surface area (Å²) in [7, 11) is 0. The number of aromatic nitrogens is 1. The molecule has 26 heavy (non-hydrogen) atoms. The minimum Gasteiger partial charge on any atom is -0.381 e. The second kappa shape index (κ2) is 6.80. The van der Waals surface area contributed by atoms with Gasteiger partial charge in [0.2, 0.25) is 0 Å². The summed E-state index contributed by atoms with van der Waals surface area (Å²) in [5.74, 6) is -0.406. The normalized spacial score (nSPS) is 14.4. The Hall–Kier alpha value is -2.86. The van der Waals surface area contributed by atoms with Crippen molar-refractivity contribution in [3.05, 3.63) is 81.8 Å². The van der Waals surface area contributed by atoms with E-state index in [2.05, 4.69) is 31.5 Å². The van der Waals surface area contributed by atoms with Crippen LogP contribution < -0.4 is 10.6 Å². The van der Waals surface area contributed by atoms with Crippen LogP contribution in [0.2, 0.25) is 0 Å². The number of anilines is 2.